The molecule has 0 atom stereocenters. The third-order valence-corrected chi connectivity index (χ3v) is 2.76. The first-order valence-electron chi connectivity index (χ1n) is 5.48. The van der Waals surface area contributed by atoms with E-state index in [9.17, 15) is 4.79 Å². The van der Waals surface area contributed by atoms with Crippen molar-refractivity contribution in [3.05, 3.63) is 22.2 Å². The molecule has 1 aromatic carbocycles. The van der Waals surface area contributed by atoms with Crippen LogP contribution in [0.1, 0.15) is 27.7 Å². The molecule has 102 valence electrons. The van der Waals surface area contributed by atoms with Crippen LogP contribution in [0.4, 0.5) is 0 Å². The van der Waals surface area contributed by atoms with Crippen LogP contribution >= 0.6 is 35.2 Å². The number of rotatable bonds is 3. The van der Waals surface area contributed by atoms with Crippen LogP contribution in [-0.2, 0) is 4.79 Å². The number of hydrogen-bond acceptors (Lipinski definition) is 4. The Kier molecular flexibility index (Phi) is 8.44. The van der Waals surface area contributed by atoms with E-state index >= 15 is 0 Å². The van der Waals surface area contributed by atoms with Gasteiger partial charge in [0.1, 0.15) is 0 Å². The minimum Gasteiger partial charge on any atom is -0.423 e. The van der Waals surface area contributed by atoms with Crippen molar-refractivity contribution in [2.45, 2.75) is 32.6 Å². The Morgan fingerprint density at radius 3 is 2.06 bits per heavy atom. The predicted molar refractivity (Wildman–Crippen MR) is 76.8 cm³/mol. The Hall–Kier alpha value is -0.420. The van der Waals surface area contributed by atoms with E-state index in [1.165, 1.54) is 12.1 Å². The van der Waals surface area contributed by atoms with Crippen LogP contribution in [-0.4, -0.2) is 10.5 Å². The molecule has 0 saturated carbocycles. The summed E-state index contributed by atoms with van der Waals surface area (Å²) in [6, 6.07) is 2.95. The number of esters is 1. The Morgan fingerprint density at radius 2 is 1.72 bits per heavy atom. The number of carbonyl (C=O) groups excluding carboxylic acids is 1. The first-order chi connectivity index (χ1) is 8.45. The van der Waals surface area contributed by atoms with E-state index < -0.39 is 5.97 Å². The van der Waals surface area contributed by atoms with E-state index in [0.29, 0.717) is 16.9 Å². The van der Waals surface area contributed by atoms with E-state index in [0.717, 1.165) is 0 Å². The van der Waals surface area contributed by atoms with Gasteiger partial charge in [-0.25, -0.2) is 0 Å². The molecule has 0 spiro atoms. The predicted octanol–water partition coefficient (Wildman–Crippen LogP) is 5.15. The molecule has 0 aliphatic heterocycles. The summed E-state index contributed by atoms with van der Waals surface area (Å²) >= 11 is 12.3. The highest BCUT2D eigenvalue weighted by molar-refractivity contribution is 7.93. The molecule has 0 bridgehead atoms. The molecule has 0 fully saturated rings. The van der Waals surface area contributed by atoms with Crippen molar-refractivity contribution in [3.8, 4) is 5.75 Å². The van der Waals surface area contributed by atoms with Gasteiger partial charge in [-0.2, -0.15) is 0 Å². The van der Waals surface area contributed by atoms with Gasteiger partial charge < -0.3 is 9.29 Å². The average molecular weight is 311 g/mol. The molecule has 0 heterocycles. The van der Waals surface area contributed by atoms with Crippen molar-refractivity contribution in [2.24, 2.45) is 5.92 Å². The highest BCUT2D eigenvalue weighted by Crippen LogP contribution is 2.36. The van der Waals surface area contributed by atoms with Gasteiger partial charge in [0, 0.05) is 16.9 Å². The molecule has 0 saturated heterocycles. The van der Waals surface area contributed by atoms with Gasteiger partial charge in [0.15, 0.2) is 5.75 Å². The van der Waals surface area contributed by atoms with Gasteiger partial charge in [-0.3, -0.25) is 4.79 Å². The number of hydrogen-bond donors (Lipinski definition) is 1. The van der Waals surface area contributed by atoms with Crippen LogP contribution in [0.3, 0.4) is 0 Å². The zero-order valence-electron chi connectivity index (χ0n) is 10.7. The maximum atomic E-state index is 11.4. The lowest BCUT2D eigenvalue weighted by atomic mass is 10.2. The van der Waals surface area contributed by atoms with Crippen molar-refractivity contribution >= 4 is 41.2 Å². The molecular formula is C12H16Cl2O3S. The molecule has 18 heavy (non-hydrogen) atoms. The first-order valence-corrected chi connectivity index (χ1v) is 7.00. The van der Waals surface area contributed by atoms with Crippen molar-refractivity contribution in [2.75, 3.05) is 0 Å². The monoisotopic (exact) mass is 310 g/mol. The number of halogens is 2. The normalized spacial score (nSPS) is 9.78. The molecule has 6 heteroatoms. The standard InChI is InChI=1S/C10H10Cl2O3S.C2H6/c1-5(2)10(13)15-9-7(11)3-6(16-14)4-8(9)12;1-2/h3-5,14H,1-2H3;1-2H3. The largest absolute Gasteiger partial charge is 0.423 e. The van der Waals surface area contributed by atoms with E-state index in [-0.39, 0.29) is 21.7 Å². The van der Waals surface area contributed by atoms with E-state index in [1.807, 2.05) is 13.8 Å². The second-order valence-corrected chi connectivity index (χ2v) is 4.85. The van der Waals surface area contributed by atoms with Crippen LogP contribution in [0.15, 0.2) is 17.0 Å². The highest BCUT2D eigenvalue weighted by atomic mass is 35.5. The number of ether oxygens (including phenoxy) is 1. The second kappa shape index (κ2) is 8.64. The van der Waals surface area contributed by atoms with Gasteiger partial charge in [-0.15, -0.1) is 0 Å². The maximum Gasteiger partial charge on any atom is 0.313 e. The average Bonchev–Trinajstić information content (AvgIpc) is 2.35. The summed E-state index contributed by atoms with van der Waals surface area (Å²) in [5, 5.41) is 0.385. The number of benzene rings is 1. The summed E-state index contributed by atoms with van der Waals surface area (Å²) in [4.78, 5) is 11.9. The minimum absolute atomic E-state index is 0.125. The van der Waals surface area contributed by atoms with E-state index in [1.54, 1.807) is 13.8 Å². The quantitative estimate of drug-likeness (QED) is 0.476. The summed E-state index contributed by atoms with van der Waals surface area (Å²) in [5.41, 5.74) is 0. The fourth-order valence-electron chi connectivity index (χ4n) is 0.905. The number of carbonyl (C=O) groups is 1. The van der Waals surface area contributed by atoms with Gasteiger partial charge in [0.2, 0.25) is 0 Å². The van der Waals surface area contributed by atoms with E-state index in [2.05, 4.69) is 0 Å². The molecule has 1 rings (SSSR count). The van der Waals surface area contributed by atoms with Crippen molar-refractivity contribution in [3.63, 3.8) is 0 Å². The zero-order chi connectivity index (χ0) is 14.3. The molecule has 1 aromatic rings. The molecule has 0 amide bonds. The molecule has 0 aromatic heterocycles. The molecule has 0 unspecified atom stereocenters. The van der Waals surface area contributed by atoms with Gasteiger partial charge in [-0.05, 0) is 12.1 Å². The summed E-state index contributed by atoms with van der Waals surface area (Å²) in [6.45, 7) is 7.42. The van der Waals surface area contributed by atoms with Crippen LogP contribution in [0.5, 0.6) is 5.75 Å². The summed E-state index contributed by atoms with van der Waals surface area (Å²) < 4.78 is 13.9. The Morgan fingerprint density at radius 1 is 1.28 bits per heavy atom. The summed E-state index contributed by atoms with van der Waals surface area (Å²) in [7, 11) is 0. The smallest absolute Gasteiger partial charge is 0.313 e. The highest BCUT2D eigenvalue weighted by Gasteiger charge is 2.16. The van der Waals surface area contributed by atoms with E-state index in [4.69, 9.17) is 32.5 Å². The summed E-state index contributed by atoms with van der Waals surface area (Å²) in [6.07, 6.45) is 0. The first kappa shape index (κ1) is 17.6. The molecular weight excluding hydrogens is 295 g/mol. The second-order valence-electron chi connectivity index (χ2n) is 3.38. The fraction of sp³-hybridized carbons (Fsp3) is 0.417. The van der Waals surface area contributed by atoms with Crippen LogP contribution in [0.25, 0.3) is 0 Å². The lowest BCUT2D eigenvalue weighted by Crippen LogP contribution is -2.15. The SMILES string of the molecule is CC.CC(C)C(=O)Oc1c(Cl)cc(SO)cc1Cl. The molecule has 3 nitrogen and oxygen atoms in total. The molecule has 0 radical (unpaired) electrons. The lowest BCUT2D eigenvalue weighted by Gasteiger charge is -2.10. The van der Waals surface area contributed by atoms with Crippen molar-refractivity contribution in [1.29, 1.82) is 0 Å². The molecule has 0 aliphatic rings. The zero-order valence-corrected chi connectivity index (χ0v) is 13.0. The molecule has 1 N–H and O–H groups in total. The Balaban J connectivity index is 0.00000137. The lowest BCUT2D eigenvalue weighted by molar-refractivity contribution is -0.137. The fourth-order valence-corrected chi connectivity index (χ4v) is 1.94. The van der Waals surface area contributed by atoms with Gasteiger partial charge in [0.05, 0.1) is 16.0 Å². The minimum atomic E-state index is -0.409. The maximum absolute atomic E-state index is 11.4. The van der Waals surface area contributed by atoms with Crippen molar-refractivity contribution < 1.29 is 14.1 Å². The topological polar surface area (TPSA) is 46.5 Å². The van der Waals surface area contributed by atoms with Crippen LogP contribution < -0.4 is 4.74 Å². The van der Waals surface area contributed by atoms with Gasteiger partial charge in [-0.1, -0.05) is 50.9 Å². The Bertz CT molecular complexity index is 385. The third kappa shape index (κ3) is 5.06. The molecule has 0 aliphatic carbocycles. The van der Waals surface area contributed by atoms with Crippen LogP contribution in [0.2, 0.25) is 10.0 Å². The van der Waals surface area contributed by atoms with Crippen molar-refractivity contribution in [1.82, 2.24) is 0 Å². The summed E-state index contributed by atoms with van der Waals surface area (Å²) in [5.74, 6) is -0.549. The van der Waals surface area contributed by atoms with Gasteiger partial charge in [0.25, 0.3) is 0 Å². The third-order valence-electron chi connectivity index (χ3n) is 1.75. The van der Waals surface area contributed by atoms with Crippen LogP contribution in [0, 0.1) is 5.92 Å². The van der Waals surface area contributed by atoms with Gasteiger partial charge >= 0.3 is 5.97 Å². The Labute approximate surface area is 122 Å².